The highest BCUT2D eigenvalue weighted by Gasteiger charge is 2.72. The maximum Gasteiger partial charge on any atom is 0.331 e. The second kappa shape index (κ2) is 3.42. The molecule has 0 bridgehead atoms. The summed E-state index contributed by atoms with van der Waals surface area (Å²) in [6, 6.07) is 0. The Morgan fingerprint density at radius 3 is 2.24 bits per heavy atom. The Bertz CT molecular complexity index is 425. The summed E-state index contributed by atoms with van der Waals surface area (Å²) in [6.07, 6.45) is 1.40. The number of nitrogens with zero attached hydrogens (tertiary/aromatic N) is 1. The van der Waals surface area contributed by atoms with Crippen LogP contribution in [-0.2, 0) is 14.4 Å². The van der Waals surface area contributed by atoms with Crippen LogP contribution in [-0.4, -0.2) is 34.3 Å². The Kier molecular flexibility index (Phi) is 2.38. The smallest absolute Gasteiger partial charge is 0.331 e. The van der Waals surface area contributed by atoms with Gasteiger partial charge in [-0.2, -0.15) is 0 Å². The zero-order valence-corrected chi connectivity index (χ0v) is 10.1. The molecule has 0 aromatic carbocycles. The summed E-state index contributed by atoms with van der Waals surface area (Å²) in [5.74, 6) is -1.77. The van der Waals surface area contributed by atoms with Gasteiger partial charge in [0, 0.05) is 12.1 Å². The fraction of sp³-hybridized carbons (Fsp3) is 0.583. The lowest BCUT2D eigenvalue weighted by molar-refractivity contribution is -0.142. The number of imide groups is 1. The van der Waals surface area contributed by atoms with Gasteiger partial charge in [-0.3, -0.25) is 14.5 Å². The summed E-state index contributed by atoms with van der Waals surface area (Å²) in [5.41, 5.74) is -0.0682. The number of carbonyl (C=O) groups is 3. The maximum absolute atomic E-state index is 11.9. The predicted octanol–water partition coefficient (Wildman–Crippen LogP) is 0.658. The highest BCUT2D eigenvalue weighted by molar-refractivity contribution is 6.10. The molecule has 1 saturated heterocycles. The second-order valence-electron chi connectivity index (χ2n) is 5.26. The van der Waals surface area contributed by atoms with E-state index in [1.54, 1.807) is 0 Å². The molecule has 0 radical (unpaired) electrons. The van der Waals surface area contributed by atoms with Gasteiger partial charge in [0.15, 0.2) is 0 Å². The summed E-state index contributed by atoms with van der Waals surface area (Å²) >= 11 is 0. The number of amides is 2. The first-order valence-electron chi connectivity index (χ1n) is 5.53. The molecule has 0 aromatic rings. The van der Waals surface area contributed by atoms with Gasteiger partial charge in [0.1, 0.15) is 0 Å². The Hall–Kier alpha value is -1.65. The van der Waals surface area contributed by atoms with Crippen LogP contribution in [0.1, 0.15) is 20.8 Å². The third-order valence-electron chi connectivity index (χ3n) is 3.81. The minimum atomic E-state index is -1.03. The average Bonchev–Trinajstić information content (AvgIpc) is 2.68. The normalized spacial score (nSPS) is 30.5. The zero-order chi connectivity index (χ0) is 13.0. The van der Waals surface area contributed by atoms with E-state index in [1.165, 1.54) is 13.0 Å². The SMILES string of the molecule is CC(=CCN1C(=O)C2C(C1=O)C2(C)C)C(=O)O. The van der Waals surface area contributed by atoms with Crippen LogP contribution in [0.5, 0.6) is 0 Å². The lowest BCUT2D eigenvalue weighted by Gasteiger charge is -2.18. The highest BCUT2D eigenvalue weighted by atomic mass is 16.4. The van der Waals surface area contributed by atoms with Crippen molar-refractivity contribution < 1.29 is 19.5 Å². The molecule has 1 N–H and O–H groups in total. The van der Waals surface area contributed by atoms with Crippen LogP contribution in [0.4, 0.5) is 0 Å². The molecule has 5 nitrogen and oxygen atoms in total. The minimum absolute atomic E-state index is 0.0683. The van der Waals surface area contributed by atoms with Crippen molar-refractivity contribution in [2.24, 2.45) is 17.3 Å². The van der Waals surface area contributed by atoms with E-state index in [0.717, 1.165) is 4.90 Å². The number of hydrogen-bond donors (Lipinski definition) is 1. The highest BCUT2D eigenvalue weighted by Crippen LogP contribution is 2.63. The van der Waals surface area contributed by atoms with Gasteiger partial charge < -0.3 is 5.11 Å². The van der Waals surface area contributed by atoms with Crippen LogP contribution in [0.25, 0.3) is 0 Å². The van der Waals surface area contributed by atoms with Crippen LogP contribution >= 0.6 is 0 Å². The van der Waals surface area contributed by atoms with Crippen LogP contribution in [0, 0.1) is 17.3 Å². The monoisotopic (exact) mass is 237 g/mol. The van der Waals surface area contributed by atoms with E-state index in [4.69, 9.17) is 5.11 Å². The first-order chi connectivity index (χ1) is 7.78. The first kappa shape index (κ1) is 11.8. The first-order valence-corrected chi connectivity index (χ1v) is 5.53. The van der Waals surface area contributed by atoms with E-state index in [0.29, 0.717) is 0 Å². The Labute approximate surface area is 99.1 Å². The molecule has 2 rings (SSSR count). The van der Waals surface area contributed by atoms with Gasteiger partial charge in [0.25, 0.3) is 0 Å². The molecule has 1 aliphatic carbocycles. The molecule has 1 saturated carbocycles. The summed E-state index contributed by atoms with van der Waals surface area (Å²) in [5, 5.41) is 8.67. The van der Waals surface area contributed by atoms with Gasteiger partial charge in [0.05, 0.1) is 11.8 Å². The fourth-order valence-corrected chi connectivity index (χ4v) is 2.50. The molecule has 5 heteroatoms. The summed E-state index contributed by atoms with van der Waals surface area (Å²) in [7, 11) is 0. The minimum Gasteiger partial charge on any atom is -0.478 e. The van der Waals surface area contributed by atoms with E-state index < -0.39 is 5.97 Å². The number of aliphatic carboxylic acids is 1. The molecule has 2 atom stereocenters. The standard InChI is InChI=1S/C12H15NO4/c1-6(11(16)17)4-5-13-9(14)7-8(10(13)15)12(7,2)3/h4,7-8H,5H2,1-3H3,(H,16,17). The van der Waals surface area contributed by atoms with E-state index in [-0.39, 0.29) is 41.2 Å². The number of fused-ring (bicyclic) bond motifs is 1. The van der Waals surface area contributed by atoms with Gasteiger partial charge in [-0.1, -0.05) is 19.9 Å². The molecular weight excluding hydrogens is 222 g/mol. The third-order valence-corrected chi connectivity index (χ3v) is 3.81. The van der Waals surface area contributed by atoms with Crippen molar-refractivity contribution in [3.63, 3.8) is 0 Å². The molecule has 2 unspecified atom stereocenters. The number of carboxylic acids is 1. The Morgan fingerprint density at radius 2 is 1.82 bits per heavy atom. The van der Waals surface area contributed by atoms with E-state index in [1.807, 2.05) is 13.8 Å². The van der Waals surface area contributed by atoms with Crippen molar-refractivity contribution in [1.82, 2.24) is 4.90 Å². The fourth-order valence-electron chi connectivity index (χ4n) is 2.50. The lowest BCUT2D eigenvalue weighted by atomic mass is 10.1. The number of carboxylic acid groups (broad SMARTS) is 1. The predicted molar refractivity (Wildman–Crippen MR) is 58.9 cm³/mol. The molecule has 2 aliphatic rings. The number of likely N-dealkylation sites (tertiary alicyclic amines) is 1. The molecule has 0 aromatic heterocycles. The Morgan fingerprint density at radius 1 is 1.35 bits per heavy atom. The molecule has 17 heavy (non-hydrogen) atoms. The largest absolute Gasteiger partial charge is 0.478 e. The Balaban J connectivity index is 2.07. The van der Waals surface area contributed by atoms with E-state index in [9.17, 15) is 14.4 Å². The van der Waals surface area contributed by atoms with Gasteiger partial charge in [0.2, 0.25) is 11.8 Å². The summed E-state index contributed by atoms with van der Waals surface area (Å²) in [4.78, 5) is 35.5. The van der Waals surface area contributed by atoms with Crippen molar-refractivity contribution in [1.29, 1.82) is 0 Å². The van der Waals surface area contributed by atoms with Crippen LogP contribution < -0.4 is 0 Å². The third kappa shape index (κ3) is 1.57. The van der Waals surface area contributed by atoms with Crippen molar-refractivity contribution in [2.75, 3.05) is 6.54 Å². The van der Waals surface area contributed by atoms with Gasteiger partial charge in [-0.05, 0) is 12.3 Å². The maximum atomic E-state index is 11.9. The zero-order valence-electron chi connectivity index (χ0n) is 10.1. The average molecular weight is 237 g/mol. The quantitative estimate of drug-likeness (QED) is 0.578. The molecule has 92 valence electrons. The van der Waals surface area contributed by atoms with Crippen molar-refractivity contribution in [2.45, 2.75) is 20.8 Å². The van der Waals surface area contributed by atoms with E-state index >= 15 is 0 Å². The lowest BCUT2D eigenvalue weighted by Crippen LogP contribution is -2.36. The van der Waals surface area contributed by atoms with Crippen molar-refractivity contribution >= 4 is 17.8 Å². The van der Waals surface area contributed by atoms with E-state index in [2.05, 4.69) is 0 Å². The number of piperidine rings is 1. The van der Waals surface area contributed by atoms with Crippen molar-refractivity contribution in [3.05, 3.63) is 11.6 Å². The van der Waals surface area contributed by atoms with Crippen LogP contribution in [0.2, 0.25) is 0 Å². The molecular formula is C12H15NO4. The molecule has 1 aliphatic heterocycles. The van der Waals surface area contributed by atoms with Gasteiger partial charge >= 0.3 is 5.97 Å². The molecule has 2 amide bonds. The van der Waals surface area contributed by atoms with Crippen molar-refractivity contribution in [3.8, 4) is 0 Å². The number of carbonyl (C=O) groups excluding carboxylic acids is 2. The van der Waals surface area contributed by atoms with Crippen LogP contribution in [0.15, 0.2) is 11.6 Å². The summed E-state index contributed by atoms with van der Waals surface area (Å²) in [6.45, 7) is 5.33. The second-order valence-corrected chi connectivity index (χ2v) is 5.26. The van der Waals surface area contributed by atoms with Gasteiger partial charge in [-0.15, -0.1) is 0 Å². The topological polar surface area (TPSA) is 74.7 Å². The summed E-state index contributed by atoms with van der Waals surface area (Å²) < 4.78 is 0. The molecule has 2 fully saturated rings. The number of rotatable bonds is 3. The van der Waals surface area contributed by atoms with Gasteiger partial charge in [-0.25, -0.2) is 4.79 Å². The molecule has 0 spiro atoms. The number of hydrogen-bond acceptors (Lipinski definition) is 3. The van der Waals surface area contributed by atoms with Crippen LogP contribution in [0.3, 0.4) is 0 Å². The molecule has 1 heterocycles.